The van der Waals surface area contributed by atoms with Crippen LogP contribution >= 0.6 is 0 Å². The van der Waals surface area contributed by atoms with E-state index in [-0.39, 0.29) is 29.6 Å². The van der Waals surface area contributed by atoms with Gasteiger partial charge in [-0.05, 0) is 62.0 Å². The van der Waals surface area contributed by atoms with E-state index in [0.29, 0.717) is 19.3 Å². The zero-order valence-electron chi connectivity index (χ0n) is 15.9. The summed E-state index contributed by atoms with van der Waals surface area (Å²) >= 11 is 0. The van der Waals surface area contributed by atoms with E-state index in [1.54, 1.807) is 6.08 Å². The lowest BCUT2D eigenvalue weighted by Gasteiger charge is -2.60. The van der Waals surface area contributed by atoms with Gasteiger partial charge in [0.05, 0.1) is 11.7 Å². The van der Waals surface area contributed by atoms with Crippen molar-refractivity contribution in [2.24, 2.45) is 28.6 Å². The van der Waals surface area contributed by atoms with Gasteiger partial charge in [-0.25, -0.2) is 0 Å². The third kappa shape index (κ3) is 1.77. The van der Waals surface area contributed by atoms with E-state index in [1.165, 1.54) is 6.08 Å². The number of fused-ring (bicyclic) bond motifs is 2. The molecule has 6 nitrogen and oxygen atoms in total. The Morgan fingerprint density at radius 1 is 1.26 bits per heavy atom. The van der Waals surface area contributed by atoms with E-state index < -0.39 is 40.5 Å². The van der Waals surface area contributed by atoms with E-state index >= 15 is 0 Å². The number of ketones is 2. The first-order valence-corrected chi connectivity index (χ1v) is 10.1. The van der Waals surface area contributed by atoms with Gasteiger partial charge < -0.3 is 20.1 Å². The molecular weight excluding hydrogens is 348 g/mol. The standard InChI is InChI=1S/C21H28O6/c1-18-9-14-16-11(12(18)4-8-21(18,26)15(24)10-22)3-6-20(25)7-5-13(23)17(27-14)19(16,20)2/h5,7,11-12,14,16-17,22,25-26H,3-4,6,8-10H2,1-2H3/t11-,12-,14-,16+,17+,18-,19+,20+,21-/m0/s1. The highest BCUT2D eigenvalue weighted by Gasteiger charge is 2.75. The molecule has 0 aromatic heterocycles. The summed E-state index contributed by atoms with van der Waals surface area (Å²) < 4.78 is 6.27. The van der Waals surface area contributed by atoms with Gasteiger partial charge in [0.25, 0.3) is 0 Å². The molecule has 3 N–H and O–H groups in total. The third-order valence-corrected chi connectivity index (χ3v) is 9.31. The summed E-state index contributed by atoms with van der Waals surface area (Å²) in [5, 5.41) is 32.1. The second kappa shape index (κ2) is 5.09. The van der Waals surface area contributed by atoms with Crippen LogP contribution in [0.25, 0.3) is 0 Å². The monoisotopic (exact) mass is 376 g/mol. The van der Waals surface area contributed by atoms with Crippen LogP contribution in [0.4, 0.5) is 0 Å². The van der Waals surface area contributed by atoms with E-state index in [0.717, 1.165) is 12.8 Å². The number of ether oxygens (including phenoxy) is 1. The molecule has 9 atom stereocenters. The highest BCUT2D eigenvalue weighted by atomic mass is 16.5. The van der Waals surface area contributed by atoms with E-state index in [4.69, 9.17) is 4.74 Å². The van der Waals surface area contributed by atoms with Crippen LogP contribution in [0.2, 0.25) is 0 Å². The summed E-state index contributed by atoms with van der Waals surface area (Å²) in [7, 11) is 0. The Morgan fingerprint density at radius 3 is 2.70 bits per heavy atom. The summed E-state index contributed by atoms with van der Waals surface area (Å²) in [4.78, 5) is 25.1. The number of carbonyl (C=O) groups is 2. The number of hydrogen-bond donors (Lipinski definition) is 3. The molecule has 0 spiro atoms. The molecule has 1 heterocycles. The van der Waals surface area contributed by atoms with Gasteiger partial charge in [0, 0.05) is 10.8 Å². The number of aliphatic hydroxyl groups excluding tert-OH is 1. The number of Topliss-reactive ketones (excluding diaryl/α,β-unsaturated/α-hetero) is 1. The summed E-state index contributed by atoms with van der Waals surface area (Å²) in [5.74, 6) is -0.292. The minimum absolute atomic E-state index is 0.0276. The molecule has 1 saturated heterocycles. The fraction of sp³-hybridized carbons (Fsp3) is 0.810. The Kier molecular flexibility index (Phi) is 3.39. The summed E-state index contributed by atoms with van der Waals surface area (Å²) in [6, 6.07) is 0. The molecule has 148 valence electrons. The lowest BCUT2D eigenvalue weighted by Crippen LogP contribution is -2.65. The van der Waals surface area contributed by atoms with Crippen molar-refractivity contribution in [1.29, 1.82) is 0 Å². The van der Waals surface area contributed by atoms with Crippen LogP contribution in [-0.2, 0) is 14.3 Å². The van der Waals surface area contributed by atoms with Crippen molar-refractivity contribution < 1.29 is 29.6 Å². The minimum Gasteiger partial charge on any atom is -0.388 e. The number of carbonyl (C=O) groups excluding carboxylic acids is 2. The van der Waals surface area contributed by atoms with Gasteiger partial charge in [-0.15, -0.1) is 0 Å². The maximum absolute atomic E-state index is 12.6. The van der Waals surface area contributed by atoms with Crippen LogP contribution in [0.3, 0.4) is 0 Å². The lowest BCUT2D eigenvalue weighted by molar-refractivity contribution is -0.183. The SMILES string of the molecule is C[C@]12[C@@H]3[C@H]4CC[C@@]1(O)C=CC(=O)[C@H]2O[C@H]3C[C@@]1(C)[C@H]4CC[C@]1(O)C(=O)CO. The zero-order chi connectivity index (χ0) is 19.4. The van der Waals surface area contributed by atoms with Gasteiger partial charge in [-0.2, -0.15) is 0 Å². The van der Waals surface area contributed by atoms with Crippen molar-refractivity contribution in [2.75, 3.05) is 6.61 Å². The molecule has 4 aliphatic carbocycles. The summed E-state index contributed by atoms with van der Waals surface area (Å²) in [5.41, 5.74) is -3.96. The molecule has 6 heteroatoms. The van der Waals surface area contributed by atoms with E-state index in [2.05, 4.69) is 0 Å². The topological polar surface area (TPSA) is 104 Å². The van der Waals surface area contributed by atoms with Gasteiger partial charge in [0.15, 0.2) is 11.6 Å². The summed E-state index contributed by atoms with van der Waals surface area (Å²) in [6.45, 7) is 3.27. The molecule has 0 amide bonds. The fourth-order valence-electron chi connectivity index (χ4n) is 7.88. The maximum Gasteiger partial charge on any atom is 0.190 e. The second-order valence-corrected chi connectivity index (χ2v) is 9.93. The Balaban J connectivity index is 1.62. The smallest absolute Gasteiger partial charge is 0.190 e. The van der Waals surface area contributed by atoms with Crippen LogP contribution in [-0.4, -0.2) is 56.9 Å². The van der Waals surface area contributed by atoms with E-state index in [1.807, 2.05) is 13.8 Å². The first-order chi connectivity index (χ1) is 12.6. The minimum atomic E-state index is -1.55. The molecule has 0 unspecified atom stereocenters. The first kappa shape index (κ1) is 18.0. The fourth-order valence-corrected chi connectivity index (χ4v) is 7.88. The molecule has 0 radical (unpaired) electrons. The molecule has 4 fully saturated rings. The van der Waals surface area contributed by atoms with Crippen molar-refractivity contribution >= 4 is 11.6 Å². The van der Waals surface area contributed by atoms with Crippen molar-refractivity contribution in [2.45, 2.75) is 69.4 Å². The quantitative estimate of drug-likeness (QED) is 0.658. The Morgan fingerprint density at radius 2 is 2.00 bits per heavy atom. The van der Waals surface area contributed by atoms with Crippen LogP contribution in [0.1, 0.15) is 46.0 Å². The molecule has 0 aromatic carbocycles. The van der Waals surface area contributed by atoms with Gasteiger partial charge in [-0.3, -0.25) is 9.59 Å². The second-order valence-electron chi connectivity index (χ2n) is 9.93. The molecule has 0 aromatic rings. The number of rotatable bonds is 2. The highest BCUT2D eigenvalue weighted by Crippen LogP contribution is 2.71. The van der Waals surface area contributed by atoms with Crippen LogP contribution < -0.4 is 0 Å². The predicted molar refractivity (Wildman–Crippen MR) is 94.6 cm³/mol. The molecule has 0 bridgehead atoms. The van der Waals surface area contributed by atoms with Crippen molar-refractivity contribution in [1.82, 2.24) is 0 Å². The van der Waals surface area contributed by atoms with Crippen molar-refractivity contribution in [3.05, 3.63) is 12.2 Å². The first-order valence-electron chi connectivity index (χ1n) is 10.1. The van der Waals surface area contributed by atoms with E-state index in [9.17, 15) is 24.9 Å². The maximum atomic E-state index is 12.6. The number of aliphatic hydroxyl groups is 3. The Bertz CT molecular complexity index is 762. The zero-order valence-corrected chi connectivity index (χ0v) is 15.9. The Hall–Kier alpha value is -1.08. The molecular formula is C21H28O6. The van der Waals surface area contributed by atoms with Gasteiger partial charge >= 0.3 is 0 Å². The van der Waals surface area contributed by atoms with Gasteiger partial charge in [-0.1, -0.05) is 13.8 Å². The van der Waals surface area contributed by atoms with Gasteiger partial charge in [0.1, 0.15) is 18.3 Å². The average molecular weight is 376 g/mol. The molecule has 5 aliphatic rings. The van der Waals surface area contributed by atoms with Crippen molar-refractivity contribution in [3.8, 4) is 0 Å². The molecule has 27 heavy (non-hydrogen) atoms. The van der Waals surface area contributed by atoms with Crippen molar-refractivity contribution in [3.63, 3.8) is 0 Å². The highest BCUT2D eigenvalue weighted by molar-refractivity contribution is 5.96. The van der Waals surface area contributed by atoms with Gasteiger partial charge in [0.2, 0.25) is 0 Å². The predicted octanol–water partition coefficient (Wildman–Crippen LogP) is 0.769. The van der Waals surface area contributed by atoms with Crippen LogP contribution in [0.15, 0.2) is 12.2 Å². The molecule has 3 saturated carbocycles. The van der Waals surface area contributed by atoms with Crippen LogP contribution in [0, 0.1) is 28.6 Å². The third-order valence-electron chi connectivity index (χ3n) is 9.31. The Labute approximate surface area is 158 Å². The number of hydrogen-bond acceptors (Lipinski definition) is 6. The largest absolute Gasteiger partial charge is 0.388 e. The van der Waals surface area contributed by atoms with Crippen LogP contribution in [0.5, 0.6) is 0 Å². The molecule has 5 rings (SSSR count). The average Bonchev–Trinajstić information content (AvgIpc) is 3.08. The molecule has 1 aliphatic heterocycles. The normalized spacial score (nSPS) is 58.1. The lowest BCUT2D eigenvalue weighted by atomic mass is 9.44. The summed E-state index contributed by atoms with van der Waals surface area (Å²) in [6.07, 6.45) is 5.05.